The van der Waals surface area contributed by atoms with E-state index in [9.17, 15) is 9.59 Å². The van der Waals surface area contributed by atoms with Gasteiger partial charge in [-0.3, -0.25) is 0 Å². The number of carbonyl (C=O) groups is 2. The molecular formula is C14H20N2O4. The Balaban J connectivity index is 2.55. The molecule has 1 rings (SSSR count). The van der Waals surface area contributed by atoms with E-state index in [-0.39, 0.29) is 6.10 Å². The van der Waals surface area contributed by atoms with Gasteiger partial charge < -0.3 is 20.5 Å². The molecule has 0 saturated heterocycles. The summed E-state index contributed by atoms with van der Waals surface area (Å²) in [6, 6.07) is 5.43. The van der Waals surface area contributed by atoms with E-state index in [1.807, 2.05) is 13.8 Å². The van der Waals surface area contributed by atoms with Crippen molar-refractivity contribution in [2.75, 3.05) is 5.32 Å². The molecule has 3 N–H and O–H groups in total. The van der Waals surface area contributed by atoms with E-state index < -0.39 is 18.0 Å². The Labute approximate surface area is 118 Å². The summed E-state index contributed by atoms with van der Waals surface area (Å²) in [6.07, 6.45) is 0.405. The maximum absolute atomic E-state index is 11.6. The maximum Gasteiger partial charge on any atom is 0.326 e. The van der Waals surface area contributed by atoms with Gasteiger partial charge in [-0.15, -0.1) is 0 Å². The number of hydrogen-bond donors (Lipinski definition) is 3. The Morgan fingerprint density at radius 1 is 1.25 bits per heavy atom. The van der Waals surface area contributed by atoms with Gasteiger partial charge in [0, 0.05) is 5.69 Å². The van der Waals surface area contributed by atoms with Crippen LogP contribution in [0.5, 0.6) is 5.75 Å². The van der Waals surface area contributed by atoms with Crippen LogP contribution in [0.2, 0.25) is 0 Å². The molecule has 1 atom stereocenters. The van der Waals surface area contributed by atoms with Crippen LogP contribution in [0.4, 0.5) is 10.5 Å². The van der Waals surface area contributed by atoms with Gasteiger partial charge in [-0.25, -0.2) is 9.59 Å². The minimum Gasteiger partial charge on any atom is -0.491 e. The highest BCUT2D eigenvalue weighted by Crippen LogP contribution is 2.16. The van der Waals surface area contributed by atoms with Crippen molar-refractivity contribution >= 4 is 17.7 Å². The van der Waals surface area contributed by atoms with Crippen molar-refractivity contribution in [2.45, 2.75) is 39.3 Å². The monoisotopic (exact) mass is 280 g/mol. The highest BCUT2D eigenvalue weighted by atomic mass is 16.5. The molecule has 6 heteroatoms. The van der Waals surface area contributed by atoms with Crippen LogP contribution < -0.4 is 15.4 Å². The number of ether oxygens (including phenoxy) is 1. The molecule has 0 aliphatic rings. The van der Waals surface area contributed by atoms with Crippen LogP contribution >= 0.6 is 0 Å². The molecule has 110 valence electrons. The van der Waals surface area contributed by atoms with Gasteiger partial charge in [-0.2, -0.15) is 0 Å². The van der Waals surface area contributed by atoms with Crippen molar-refractivity contribution in [3.63, 3.8) is 0 Å². The fourth-order valence-corrected chi connectivity index (χ4v) is 1.55. The Hall–Kier alpha value is -2.24. The Morgan fingerprint density at radius 3 is 2.30 bits per heavy atom. The van der Waals surface area contributed by atoms with Crippen molar-refractivity contribution in [3.8, 4) is 5.75 Å². The van der Waals surface area contributed by atoms with E-state index in [0.717, 1.165) is 0 Å². The lowest BCUT2D eigenvalue weighted by atomic mass is 10.2. The fourth-order valence-electron chi connectivity index (χ4n) is 1.55. The minimum atomic E-state index is -1.05. The summed E-state index contributed by atoms with van der Waals surface area (Å²) in [4.78, 5) is 22.4. The number of carboxylic acid groups (broad SMARTS) is 1. The molecule has 0 fully saturated rings. The summed E-state index contributed by atoms with van der Waals surface area (Å²) in [6.45, 7) is 5.55. The lowest BCUT2D eigenvalue weighted by Gasteiger charge is -2.14. The van der Waals surface area contributed by atoms with Gasteiger partial charge in [0.15, 0.2) is 0 Å². The zero-order valence-electron chi connectivity index (χ0n) is 11.8. The van der Waals surface area contributed by atoms with Crippen molar-refractivity contribution in [2.24, 2.45) is 0 Å². The molecule has 0 aliphatic heterocycles. The first-order valence-electron chi connectivity index (χ1n) is 6.49. The highest BCUT2D eigenvalue weighted by molar-refractivity contribution is 5.92. The lowest BCUT2D eigenvalue weighted by molar-refractivity contribution is -0.139. The van der Waals surface area contributed by atoms with Crippen molar-refractivity contribution < 1.29 is 19.4 Å². The normalized spacial score (nSPS) is 11.8. The van der Waals surface area contributed by atoms with Gasteiger partial charge in [0.2, 0.25) is 0 Å². The average molecular weight is 280 g/mol. The van der Waals surface area contributed by atoms with E-state index in [4.69, 9.17) is 9.84 Å². The number of nitrogens with one attached hydrogen (secondary N) is 2. The fraction of sp³-hybridized carbons (Fsp3) is 0.429. The van der Waals surface area contributed by atoms with Crippen LogP contribution in [0.15, 0.2) is 24.3 Å². The van der Waals surface area contributed by atoms with Crippen molar-refractivity contribution in [1.29, 1.82) is 0 Å². The van der Waals surface area contributed by atoms with Gasteiger partial charge in [0.25, 0.3) is 0 Å². The summed E-state index contributed by atoms with van der Waals surface area (Å²) in [5, 5.41) is 13.8. The standard InChI is InChI=1S/C14H20N2O4/c1-4-12(13(17)18)16-14(19)15-10-5-7-11(8-6-10)20-9(2)3/h5-9,12H,4H2,1-3H3,(H,17,18)(H2,15,16,19)/t12-/m1/s1. The number of carboxylic acids is 1. The third kappa shape index (κ3) is 5.17. The molecule has 1 aromatic carbocycles. The zero-order valence-corrected chi connectivity index (χ0v) is 11.8. The molecule has 0 radical (unpaired) electrons. The van der Waals surface area contributed by atoms with Crippen LogP contribution in [-0.2, 0) is 4.79 Å². The first-order chi connectivity index (χ1) is 9.42. The van der Waals surface area contributed by atoms with Crippen LogP contribution in [0.25, 0.3) is 0 Å². The second kappa shape index (κ2) is 7.37. The third-order valence-electron chi connectivity index (χ3n) is 2.50. The first-order valence-corrected chi connectivity index (χ1v) is 6.49. The number of anilines is 1. The lowest BCUT2D eigenvalue weighted by Crippen LogP contribution is -2.42. The van der Waals surface area contributed by atoms with E-state index in [0.29, 0.717) is 17.9 Å². The number of carbonyl (C=O) groups excluding carboxylic acids is 1. The Kier molecular flexibility index (Phi) is 5.83. The molecule has 2 amide bonds. The summed E-state index contributed by atoms with van der Waals surface area (Å²) in [5.41, 5.74) is 0.568. The Morgan fingerprint density at radius 2 is 1.85 bits per heavy atom. The number of amides is 2. The van der Waals surface area contributed by atoms with Gasteiger partial charge in [0.05, 0.1) is 6.10 Å². The molecule has 0 aromatic heterocycles. The molecule has 0 unspecified atom stereocenters. The third-order valence-corrected chi connectivity index (χ3v) is 2.50. The smallest absolute Gasteiger partial charge is 0.326 e. The van der Waals surface area contributed by atoms with Gasteiger partial charge in [0.1, 0.15) is 11.8 Å². The summed E-state index contributed by atoms with van der Waals surface area (Å²) in [5.74, 6) is -0.341. The number of urea groups is 1. The van der Waals surface area contributed by atoms with E-state index in [2.05, 4.69) is 10.6 Å². The first kappa shape index (κ1) is 15.8. The summed E-state index contributed by atoms with van der Waals surface area (Å²) >= 11 is 0. The van der Waals surface area contributed by atoms with Crippen molar-refractivity contribution in [1.82, 2.24) is 5.32 Å². The van der Waals surface area contributed by atoms with E-state index in [1.165, 1.54) is 0 Å². The zero-order chi connectivity index (χ0) is 15.1. The molecule has 0 heterocycles. The molecule has 1 aromatic rings. The summed E-state index contributed by atoms with van der Waals surface area (Å²) < 4.78 is 5.48. The second-order valence-corrected chi connectivity index (χ2v) is 4.59. The van der Waals surface area contributed by atoms with Crippen LogP contribution in [0, 0.1) is 0 Å². The van der Waals surface area contributed by atoms with Crippen molar-refractivity contribution in [3.05, 3.63) is 24.3 Å². The largest absolute Gasteiger partial charge is 0.491 e. The molecule has 20 heavy (non-hydrogen) atoms. The number of benzene rings is 1. The molecule has 0 bridgehead atoms. The molecular weight excluding hydrogens is 260 g/mol. The second-order valence-electron chi connectivity index (χ2n) is 4.59. The van der Waals surface area contributed by atoms with Crippen LogP contribution in [0.1, 0.15) is 27.2 Å². The predicted octanol–water partition coefficient (Wildman–Crippen LogP) is 2.46. The van der Waals surface area contributed by atoms with E-state index >= 15 is 0 Å². The van der Waals surface area contributed by atoms with Crippen LogP contribution in [0.3, 0.4) is 0 Å². The van der Waals surface area contributed by atoms with Crippen LogP contribution in [-0.4, -0.2) is 29.3 Å². The predicted molar refractivity (Wildman–Crippen MR) is 76.1 cm³/mol. The molecule has 0 aliphatic carbocycles. The summed E-state index contributed by atoms with van der Waals surface area (Å²) in [7, 11) is 0. The van der Waals surface area contributed by atoms with E-state index in [1.54, 1.807) is 31.2 Å². The average Bonchev–Trinajstić information content (AvgIpc) is 2.37. The highest BCUT2D eigenvalue weighted by Gasteiger charge is 2.17. The molecule has 6 nitrogen and oxygen atoms in total. The maximum atomic E-state index is 11.6. The number of aliphatic carboxylic acids is 1. The molecule has 0 saturated carbocycles. The quantitative estimate of drug-likeness (QED) is 0.747. The minimum absolute atomic E-state index is 0.0815. The number of rotatable bonds is 6. The Bertz CT molecular complexity index is 457. The van der Waals surface area contributed by atoms with Gasteiger partial charge in [-0.1, -0.05) is 6.92 Å². The SMILES string of the molecule is CC[C@@H](NC(=O)Nc1ccc(OC(C)C)cc1)C(=O)O. The van der Waals surface area contributed by atoms with Gasteiger partial charge in [-0.05, 0) is 44.5 Å². The molecule has 0 spiro atoms. The topological polar surface area (TPSA) is 87.7 Å². The van der Waals surface area contributed by atoms with Gasteiger partial charge >= 0.3 is 12.0 Å². The number of hydrogen-bond acceptors (Lipinski definition) is 3.